The number of hydrogen-bond acceptors (Lipinski definition) is 2. The van der Waals surface area contributed by atoms with Crippen LogP contribution < -0.4 is 0 Å². The molecule has 0 aromatic heterocycles. The average molecular weight is 222 g/mol. The summed E-state index contributed by atoms with van der Waals surface area (Å²) in [5, 5.41) is 19.7. The summed E-state index contributed by atoms with van der Waals surface area (Å²) < 4.78 is 0. The topological polar surface area (TPSA) is 40.5 Å². The van der Waals surface area contributed by atoms with E-state index < -0.39 is 12.2 Å². The fourth-order valence-electron chi connectivity index (χ4n) is 1.88. The summed E-state index contributed by atoms with van der Waals surface area (Å²) in [5.41, 5.74) is 2.00. The molecular weight excluding hydrogens is 200 g/mol. The van der Waals surface area contributed by atoms with Crippen molar-refractivity contribution in [3.8, 4) is 0 Å². The van der Waals surface area contributed by atoms with Crippen LogP contribution in [0.2, 0.25) is 0 Å². The Morgan fingerprint density at radius 2 is 1.75 bits per heavy atom. The summed E-state index contributed by atoms with van der Waals surface area (Å²) in [4.78, 5) is 0. The van der Waals surface area contributed by atoms with Crippen molar-refractivity contribution in [3.05, 3.63) is 35.4 Å². The highest BCUT2D eigenvalue weighted by molar-refractivity contribution is 5.30. The highest BCUT2D eigenvalue weighted by Gasteiger charge is 2.19. The minimum atomic E-state index is -0.764. The largest absolute Gasteiger partial charge is 0.390 e. The van der Waals surface area contributed by atoms with Gasteiger partial charge in [-0.25, -0.2) is 0 Å². The molecule has 0 aliphatic carbocycles. The fraction of sp³-hybridized carbons (Fsp3) is 0.571. The van der Waals surface area contributed by atoms with Crippen molar-refractivity contribution in [3.63, 3.8) is 0 Å². The van der Waals surface area contributed by atoms with Crippen LogP contribution in [-0.4, -0.2) is 16.3 Å². The Hall–Kier alpha value is -0.860. The molecule has 0 radical (unpaired) electrons. The summed E-state index contributed by atoms with van der Waals surface area (Å²) in [6.07, 6.45) is 0.0640. The number of hydrogen-bond donors (Lipinski definition) is 2. The van der Waals surface area contributed by atoms with E-state index in [0.717, 1.165) is 17.5 Å². The van der Waals surface area contributed by atoms with Crippen LogP contribution in [0.3, 0.4) is 0 Å². The fourth-order valence-corrected chi connectivity index (χ4v) is 1.88. The second-order valence-electron chi connectivity index (χ2n) is 4.72. The zero-order valence-electron chi connectivity index (χ0n) is 10.4. The summed E-state index contributed by atoms with van der Waals surface area (Å²) in [7, 11) is 0. The third-order valence-corrected chi connectivity index (χ3v) is 2.78. The summed E-state index contributed by atoms with van der Waals surface area (Å²) >= 11 is 0. The van der Waals surface area contributed by atoms with Gasteiger partial charge in [-0.15, -0.1) is 0 Å². The van der Waals surface area contributed by atoms with Gasteiger partial charge in [0.25, 0.3) is 0 Å². The standard InChI is InChI=1S/C14H22O2/c1-4-13(15)14(16)12-8-6-5-7-11(12)9-10(2)3/h5-8,10,13-16H,4,9H2,1-3H3. The first kappa shape index (κ1) is 13.2. The van der Waals surface area contributed by atoms with Crippen molar-refractivity contribution < 1.29 is 10.2 Å². The third-order valence-electron chi connectivity index (χ3n) is 2.78. The van der Waals surface area contributed by atoms with Crippen LogP contribution >= 0.6 is 0 Å². The maximum atomic E-state index is 10.0. The zero-order valence-corrected chi connectivity index (χ0v) is 10.4. The lowest BCUT2D eigenvalue weighted by Crippen LogP contribution is -2.18. The van der Waals surface area contributed by atoms with E-state index in [0.29, 0.717) is 12.3 Å². The van der Waals surface area contributed by atoms with Crippen molar-refractivity contribution in [2.45, 2.75) is 45.8 Å². The molecule has 0 saturated carbocycles. The molecule has 0 bridgehead atoms. The first-order valence-corrected chi connectivity index (χ1v) is 6.00. The number of aliphatic hydroxyl groups is 2. The summed E-state index contributed by atoms with van der Waals surface area (Å²) in [5.74, 6) is 0.548. The van der Waals surface area contributed by atoms with E-state index in [-0.39, 0.29) is 0 Å². The van der Waals surface area contributed by atoms with Crippen molar-refractivity contribution in [2.24, 2.45) is 5.92 Å². The average Bonchev–Trinajstić information content (AvgIpc) is 2.27. The Bertz CT molecular complexity index is 320. The second-order valence-corrected chi connectivity index (χ2v) is 4.72. The van der Waals surface area contributed by atoms with Gasteiger partial charge < -0.3 is 10.2 Å². The molecule has 2 nitrogen and oxygen atoms in total. The highest BCUT2D eigenvalue weighted by atomic mass is 16.3. The van der Waals surface area contributed by atoms with Gasteiger partial charge in [-0.2, -0.15) is 0 Å². The third kappa shape index (κ3) is 3.32. The lowest BCUT2D eigenvalue weighted by Gasteiger charge is -2.20. The molecule has 1 aromatic rings. The Balaban J connectivity index is 2.93. The quantitative estimate of drug-likeness (QED) is 0.804. The Morgan fingerprint density at radius 3 is 2.31 bits per heavy atom. The van der Waals surface area contributed by atoms with Crippen LogP contribution in [0.5, 0.6) is 0 Å². The van der Waals surface area contributed by atoms with Crippen LogP contribution in [0.15, 0.2) is 24.3 Å². The lowest BCUT2D eigenvalue weighted by molar-refractivity contribution is 0.0159. The van der Waals surface area contributed by atoms with E-state index in [2.05, 4.69) is 13.8 Å². The molecule has 1 rings (SSSR count). The van der Waals surface area contributed by atoms with Gasteiger partial charge in [-0.3, -0.25) is 0 Å². The molecule has 0 heterocycles. The first-order chi connectivity index (χ1) is 7.56. The van der Waals surface area contributed by atoms with Crippen molar-refractivity contribution in [1.82, 2.24) is 0 Å². The van der Waals surface area contributed by atoms with Crippen LogP contribution in [0.4, 0.5) is 0 Å². The highest BCUT2D eigenvalue weighted by Crippen LogP contribution is 2.24. The van der Waals surface area contributed by atoms with Crippen LogP contribution in [0.25, 0.3) is 0 Å². The molecule has 2 atom stereocenters. The van der Waals surface area contributed by atoms with E-state index in [4.69, 9.17) is 0 Å². The van der Waals surface area contributed by atoms with Crippen LogP contribution in [0, 0.1) is 5.92 Å². The van der Waals surface area contributed by atoms with Gasteiger partial charge in [-0.05, 0) is 29.9 Å². The number of aliphatic hydroxyl groups excluding tert-OH is 2. The molecule has 0 saturated heterocycles. The van der Waals surface area contributed by atoms with E-state index in [1.54, 1.807) is 0 Å². The lowest BCUT2D eigenvalue weighted by atomic mass is 9.92. The van der Waals surface area contributed by atoms with Gasteiger partial charge in [0.2, 0.25) is 0 Å². The molecule has 16 heavy (non-hydrogen) atoms. The monoisotopic (exact) mass is 222 g/mol. The predicted octanol–water partition coefficient (Wildman–Crippen LogP) is 2.69. The van der Waals surface area contributed by atoms with Gasteiger partial charge >= 0.3 is 0 Å². The maximum absolute atomic E-state index is 10.0. The first-order valence-electron chi connectivity index (χ1n) is 6.00. The molecule has 0 aliphatic rings. The minimum absolute atomic E-state index is 0.548. The van der Waals surface area contributed by atoms with Gasteiger partial charge in [0, 0.05) is 0 Å². The van der Waals surface area contributed by atoms with E-state index in [9.17, 15) is 10.2 Å². The van der Waals surface area contributed by atoms with Crippen molar-refractivity contribution in [2.75, 3.05) is 0 Å². The molecule has 0 spiro atoms. The van der Waals surface area contributed by atoms with E-state index in [1.807, 2.05) is 31.2 Å². The Morgan fingerprint density at radius 1 is 1.12 bits per heavy atom. The molecule has 0 aliphatic heterocycles. The van der Waals surface area contributed by atoms with Crippen molar-refractivity contribution in [1.29, 1.82) is 0 Å². The van der Waals surface area contributed by atoms with Gasteiger partial charge in [0.1, 0.15) is 6.10 Å². The Labute approximate surface area is 97.9 Å². The molecular formula is C14H22O2. The predicted molar refractivity (Wildman–Crippen MR) is 66.2 cm³/mol. The second kappa shape index (κ2) is 6.02. The summed E-state index contributed by atoms with van der Waals surface area (Å²) in [6, 6.07) is 7.82. The maximum Gasteiger partial charge on any atom is 0.105 e. The van der Waals surface area contributed by atoms with E-state index >= 15 is 0 Å². The molecule has 90 valence electrons. The molecule has 0 amide bonds. The SMILES string of the molecule is CCC(O)C(O)c1ccccc1CC(C)C. The van der Waals surface area contributed by atoms with Crippen molar-refractivity contribution >= 4 is 0 Å². The van der Waals surface area contributed by atoms with E-state index in [1.165, 1.54) is 0 Å². The minimum Gasteiger partial charge on any atom is -0.390 e. The molecule has 2 N–H and O–H groups in total. The van der Waals surface area contributed by atoms with Gasteiger partial charge in [0.15, 0.2) is 0 Å². The number of rotatable bonds is 5. The van der Waals surface area contributed by atoms with Crippen LogP contribution in [-0.2, 0) is 6.42 Å². The zero-order chi connectivity index (χ0) is 12.1. The normalized spacial score (nSPS) is 15.1. The molecule has 0 fully saturated rings. The Kier molecular flexibility index (Phi) is 4.97. The molecule has 2 heteroatoms. The smallest absolute Gasteiger partial charge is 0.105 e. The number of benzene rings is 1. The van der Waals surface area contributed by atoms with Gasteiger partial charge in [-0.1, -0.05) is 45.0 Å². The van der Waals surface area contributed by atoms with Crippen LogP contribution in [0.1, 0.15) is 44.4 Å². The summed E-state index contributed by atoms with van der Waals surface area (Å²) in [6.45, 7) is 6.18. The molecule has 2 unspecified atom stereocenters. The van der Waals surface area contributed by atoms with Gasteiger partial charge in [0.05, 0.1) is 6.10 Å². The molecule has 1 aromatic carbocycles.